The third-order valence-corrected chi connectivity index (χ3v) is 6.45. The summed E-state index contributed by atoms with van der Waals surface area (Å²) >= 11 is 0. The van der Waals surface area contributed by atoms with Gasteiger partial charge in [0.15, 0.2) is 0 Å². The topological polar surface area (TPSA) is 79.0 Å². The molecular weight excluding hydrogens is 396 g/mol. The van der Waals surface area contributed by atoms with E-state index in [1.165, 1.54) is 10.9 Å². The molecule has 1 N–H and O–H groups in total. The van der Waals surface area contributed by atoms with Crippen molar-refractivity contribution >= 4 is 20.7 Å². The van der Waals surface area contributed by atoms with Gasteiger partial charge in [-0.1, -0.05) is 48.5 Å². The summed E-state index contributed by atoms with van der Waals surface area (Å²) in [6, 6.07) is 18.7. The number of nitrogens with one attached hydrogen (secondary N) is 1. The Bertz CT molecular complexity index is 1330. The van der Waals surface area contributed by atoms with Crippen LogP contribution >= 0.6 is 0 Å². The van der Waals surface area contributed by atoms with Crippen LogP contribution in [0.2, 0.25) is 0 Å². The third-order valence-electron chi connectivity index (χ3n) is 5.59. The van der Waals surface area contributed by atoms with Crippen LogP contribution in [0.3, 0.4) is 0 Å². The van der Waals surface area contributed by atoms with E-state index in [-0.39, 0.29) is 5.16 Å². The second-order valence-corrected chi connectivity index (χ2v) is 9.66. The monoisotopic (exact) mass is 418 g/mol. The van der Waals surface area contributed by atoms with Crippen LogP contribution in [-0.2, 0) is 29.3 Å². The summed E-state index contributed by atoms with van der Waals surface area (Å²) in [6.07, 6.45) is 3.62. The van der Waals surface area contributed by atoms with Crippen molar-refractivity contribution < 1.29 is 8.42 Å². The first-order valence-corrected chi connectivity index (χ1v) is 11.8. The third kappa shape index (κ3) is 3.51. The largest absolute Gasteiger partial charge is 0.354 e. The van der Waals surface area contributed by atoms with Gasteiger partial charge in [-0.25, -0.2) is 18.4 Å². The van der Waals surface area contributed by atoms with E-state index in [4.69, 9.17) is 0 Å². The molecule has 0 aliphatic carbocycles. The van der Waals surface area contributed by atoms with Crippen LogP contribution in [0.4, 0.5) is 0 Å². The average Bonchev–Trinajstić information content (AvgIpc) is 3.12. The summed E-state index contributed by atoms with van der Waals surface area (Å²) in [5.74, 6) is 0. The molecule has 0 saturated heterocycles. The smallest absolute Gasteiger partial charge is 0.247 e. The SMILES string of the molecule is CS(=O)(=O)c1ncc2c(n1)CN(Cc1c(-c3ccccc3)[nH]c3ccccc13)CC2. The van der Waals surface area contributed by atoms with E-state index in [0.717, 1.165) is 53.8 Å². The normalized spacial score (nSPS) is 14.7. The zero-order valence-corrected chi connectivity index (χ0v) is 17.5. The van der Waals surface area contributed by atoms with E-state index in [9.17, 15) is 8.42 Å². The fourth-order valence-corrected chi connectivity index (χ4v) is 4.61. The zero-order chi connectivity index (χ0) is 20.7. The highest BCUT2D eigenvalue weighted by atomic mass is 32.2. The summed E-state index contributed by atoms with van der Waals surface area (Å²) in [4.78, 5) is 14.3. The maximum absolute atomic E-state index is 11.9. The van der Waals surface area contributed by atoms with Crippen LogP contribution in [0, 0.1) is 0 Å². The Kier molecular flexibility index (Phi) is 4.64. The lowest BCUT2D eigenvalue weighted by molar-refractivity contribution is 0.241. The zero-order valence-electron chi connectivity index (χ0n) is 16.7. The quantitative estimate of drug-likeness (QED) is 0.513. The van der Waals surface area contributed by atoms with Crippen LogP contribution in [-0.4, -0.2) is 41.1 Å². The van der Waals surface area contributed by atoms with Gasteiger partial charge < -0.3 is 4.98 Å². The maximum Gasteiger partial charge on any atom is 0.247 e. The van der Waals surface area contributed by atoms with Gasteiger partial charge in [0.05, 0.1) is 11.4 Å². The van der Waals surface area contributed by atoms with Crippen molar-refractivity contribution in [3.05, 3.63) is 77.6 Å². The fraction of sp³-hybridized carbons (Fsp3) is 0.217. The molecule has 0 saturated carbocycles. The second kappa shape index (κ2) is 7.34. The number of sulfone groups is 1. The Morgan fingerprint density at radius 3 is 2.63 bits per heavy atom. The number of benzene rings is 2. The number of hydrogen-bond acceptors (Lipinski definition) is 5. The predicted molar refractivity (Wildman–Crippen MR) is 117 cm³/mol. The summed E-state index contributed by atoms with van der Waals surface area (Å²) in [5, 5.41) is 1.11. The second-order valence-electron chi connectivity index (χ2n) is 7.75. The van der Waals surface area contributed by atoms with Gasteiger partial charge in [0.1, 0.15) is 0 Å². The van der Waals surface area contributed by atoms with E-state index < -0.39 is 9.84 Å². The first kappa shape index (κ1) is 19.0. The molecule has 0 bridgehead atoms. The first-order chi connectivity index (χ1) is 14.5. The van der Waals surface area contributed by atoms with Crippen molar-refractivity contribution in [1.29, 1.82) is 0 Å². The molecule has 0 unspecified atom stereocenters. The Morgan fingerprint density at radius 2 is 1.83 bits per heavy atom. The fourth-order valence-electron chi connectivity index (χ4n) is 4.09. The molecule has 3 heterocycles. The van der Waals surface area contributed by atoms with Gasteiger partial charge in [-0.15, -0.1) is 0 Å². The van der Waals surface area contributed by atoms with Crippen LogP contribution in [0.5, 0.6) is 0 Å². The van der Waals surface area contributed by atoms with E-state index in [1.807, 2.05) is 24.3 Å². The van der Waals surface area contributed by atoms with Gasteiger partial charge >= 0.3 is 0 Å². The minimum absolute atomic E-state index is 0.0971. The first-order valence-electron chi connectivity index (χ1n) is 9.91. The van der Waals surface area contributed by atoms with E-state index in [1.54, 1.807) is 6.20 Å². The van der Waals surface area contributed by atoms with Crippen molar-refractivity contribution in [3.63, 3.8) is 0 Å². The van der Waals surface area contributed by atoms with Crippen molar-refractivity contribution in [2.24, 2.45) is 0 Å². The van der Waals surface area contributed by atoms with Crippen molar-refractivity contribution in [2.75, 3.05) is 12.8 Å². The molecule has 30 heavy (non-hydrogen) atoms. The number of rotatable bonds is 4. The molecule has 0 amide bonds. The number of aromatic nitrogens is 3. The molecule has 4 aromatic rings. The Hall–Kier alpha value is -3.03. The number of aromatic amines is 1. The summed E-state index contributed by atoms with van der Waals surface area (Å²) < 4.78 is 23.7. The molecule has 5 rings (SSSR count). The number of para-hydroxylation sites is 1. The highest BCUT2D eigenvalue weighted by Gasteiger charge is 2.23. The molecular formula is C23H22N4O2S. The van der Waals surface area contributed by atoms with Crippen molar-refractivity contribution in [1.82, 2.24) is 19.9 Å². The van der Waals surface area contributed by atoms with Crippen molar-refractivity contribution in [3.8, 4) is 11.3 Å². The van der Waals surface area contributed by atoms with Gasteiger partial charge in [-0.05, 0) is 29.2 Å². The molecule has 7 heteroatoms. The van der Waals surface area contributed by atoms with Gasteiger partial charge in [0.25, 0.3) is 0 Å². The van der Waals surface area contributed by atoms with Crippen molar-refractivity contribution in [2.45, 2.75) is 24.7 Å². The summed E-state index contributed by atoms with van der Waals surface area (Å²) in [6.45, 7) is 2.24. The lowest BCUT2D eigenvalue weighted by Crippen LogP contribution is -2.31. The minimum Gasteiger partial charge on any atom is -0.354 e. The number of H-pyrrole nitrogens is 1. The maximum atomic E-state index is 11.9. The Morgan fingerprint density at radius 1 is 1.07 bits per heavy atom. The van der Waals surface area contributed by atoms with Crippen LogP contribution in [0.15, 0.2) is 66.0 Å². The molecule has 0 atom stereocenters. The van der Waals surface area contributed by atoms with E-state index >= 15 is 0 Å². The van der Waals surface area contributed by atoms with E-state index in [0.29, 0.717) is 6.54 Å². The molecule has 0 fully saturated rings. The molecule has 0 spiro atoms. The Balaban J connectivity index is 1.51. The summed E-state index contributed by atoms with van der Waals surface area (Å²) in [7, 11) is -3.42. The number of hydrogen-bond donors (Lipinski definition) is 1. The average molecular weight is 419 g/mol. The molecule has 6 nitrogen and oxygen atoms in total. The van der Waals surface area contributed by atoms with Gasteiger partial charge in [0, 0.05) is 43.0 Å². The standard InChI is InChI=1S/C23H22N4O2S/c1-30(28,29)23-24-13-17-11-12-27(15-21(17)26-23)14-19-18-9-5-6-10-20(18)25-22(19)16-7-3-2-4-8-16/h2-10,13,25H,11-12,14-15H2,1H3. The van der Waals surface area contributed by atoms with Crippen LogP contribution in [0.1, 0.15) is 16.8 Å². The predicted octanol–water partition coefficient (Wildman–Crippen LogP) is 3.59. The molecule has 1 aliphatic rings. The van der Waals surface area contributed by atoms with Gasteiger partial charge in [-0.3, -0.25) is 4.90 Å². The lowest BCUT2D eigenvalue weighted by Gasteiger charge is -2.28. The number of fused-ring (bicyclic) bond motifs is 2. The Labute approximate surface area is 175 Å². The molecule has 1 aliphatic heterocycles. The number of nitrogens with zero attached hydrogens (tertiary/aromatic N) is 3. The van der Waals surface area contributed by atoms with Gasteiger partial charge in [0.2, 0.25) is 15.0 Å². The minimum atomic E-state index is -3.42. The van der Waals surface area contributed by atoms with E-state index in [2.05, 4.69) is 50.2 Å². The molecule has 2 aromatic heterocycles. The van der Waals surface area contributed by atoms with Gasteiger partial charge in [-0.2, -0.15) is 0 Å². The summed E-state index contributed by atoms with van der Waals surface area (Å²) in [5.41, 5.74) is 6.48. The molecule has 152 valence electrons. The van der Waals surface area contributed by atoms with Crippen LogP contribution < -0.4 is 0 Å². The highest BCUT2D eigenvalue weighted by Crippen LogP contribution is 2.32. The molecule has 2 aromatic carbocycles. The lowest BCUT2D eigenvalue weighted by atomic mass is 10.0. The van der Waals surface area contributed by atoms with Crippen LogP contribution in [0.25, 0.3) is 22.2 Å². The molecule has 0 radical (unpaired) electrons. The highest BCUT2D eigenvalue weighted by molar-refractivity contribution is 7.90.